The number of nitrogens with one attached hydrogen (secondary N) is 4. The zero-order valence-corrected chi connectivity index (χ0v) is 14.6. The zero-order valence-electron chi connectivity index (χ0n) is 14.6. The van der Waals surface area contributed by atoms with Crippen molar-refractivity contribution in [1.82, 2.24) is 25.6 Å². The van der Waals surface area contributed by atoms with Crippen LogP contribution in [0.3, 0.4) is 0 Å². The van der Waals surface area contributed by atoms with E-state index in [1.807, 2.05) is 24.3 Å². The maximum absolute atomic E-state index is 12.5. The standard InChI is InChI=1S/C18H21N5O3/c1-11(24)22-17(7-13-8-19-10-21-13)18(25)20-9-14-5-12-6-15(26-2)3-4-16(12)23-14/h3-6,8,10,17,23H,7,9H2,1-2H3,(H,19,21)(H,20,25)(H,22,24)/t17-/m0/s1. The summed E-state index contributed by atoms with van der Waals surface area (Å²) in [6, 6.07) is 7.02. The average molecular weight is 355 g/mol. The molecule has 2 amide bonds. The molecule has 0 spiro atoms. The molecule has 3 aromatic rings. The first kappa shape index (κ1) is 17.5. The molecule has 0 saturated heterocycles. The van der Waals surface area contributed by atoms with Gasteiger partial charge in [0, 0.05) is 41.8 Å². The molecule has 2 heterocycles. The van der Waals surface area contributed by atoms with Gasteiger partial charge in [0.1, 0.15) is 11.8 Å². The molecule has 0 saturated carbocycles. The van der Waals surface area contributed by atoms with Gasteiger partial charge in [-0.1, -0.05) is 0 Å². The molecule has 0 radical (unpaired) electrons. The molecule has 3 rings (SSSR count). The summed E-state index contributed by atoms with van der Waals surface area (Å²) in [4.78, 5) is 34.0. The van der Waals surface area contributed by atoms with Crippen LogP contribution in [0.1, 0.15) is 18.3 Å². The fourth-order valence-electron chi connectivity index (χ4n) is 2.77. The Morgan fingerprint density at radius 1 is 1.27 bits per heavy atom. The van der Waals surface area contributed by atoms with E-state index in [0.29, 0.717) is 13.0 Å². The quantitative estimate of drug-likeness (QED) is 0.511. The number of carbonyl (C=O) groups excluding carboxylic acids is 2. The number of fused-ring (bicyclic) bond motifs is 1. The van der Waals surface area contributed by atoms with E-state index in [1.54, 1.807) is 13.3 Å². The van der Waals surface area contributed by atoms with Crippen molar-refractivity contribution in [2.75, 3.05) is 7.11 Å². The van der Waals surface area contributed by atoms with Crippen LogP contribution in [0.25, 0.3) is 10.9 Å². The van der Waals surface area contributed by atoms with Gasteiger partial charge in [0.2, 0.25) is 11.8 Å². The number of ether oxygens (including phenoxy) is 1. The maximum Gasteiger partial charge on any atom is 0.243 e. The van der Waals surface area contributed by atoms with Crippen LogP contribution in [0, 0.1) is 0 Å². The Balaban J connectivity index is 1.66. The summed E-state index contributed by atoms with van der Waals surface area (Å²) in [5.41, 5.74) is 2.60. The highest BCUT2D eigenvalue weighted by atomic mass is 16.5. The van der Waals surface area contributed by atoms with Gasteiger partial charge in [-0.3, -0.25) is 9.59 Å². The summed E-state index contributed by atoms with van der Waals surface area (Å²) in [6.45, 7) is 1.72. The highest BCUT2D eigenvalue weighted by Gasteiger charge is 2.20. The third-order valence-electron chi connectivity index (χ3n) is 4.01. The van der Waals surface area contributed by atoms with Crippen LogP contribution in [0.15, 0.2) is 36.8 Å². The summed E-state index contributed by atoms with van der Waals surface area (Å²) < 4.78 is 5.22. The smallest absolute Gasteiger partial charge is 0.243 e. The fraction of sp³-hybridized carbons (Fsp3) is 0.278. The van der Waals surface area contributed by atoms with Gasteiger partial charge in [0.05, 0.1) is 20.0 Å². The topological polar surface area (TPSA) is 112 Å². The lowest BCUT2D eigenvalue weighted by molar-refractivity contribution is -0.128. The minimum atomic E-state index is -0.669. The number of methoxy groups -OCH3 is 1. The van der Waals surface area contributed by atoms with Gasteiger partial charge >= 0.3 is 0 Å². The minimum Gasteiger partial charge on any atom is -0.497 e. The predicted molar refractivity (Wildman–Crippen MR) is 96.6 cm³/mol. The highest BCUT2D eigenvalue weighted by Crippen LogP contribution is 2.21. The van der Waals surface area contributed by atoms with E-state index in [-0.39, 0.29) is 11.8 Å². The Morgan fingerprint density at radius 2 is 2.12 bits per heavy atom. The largest absolute Gasteiger partial charge is 0.497 e. The first-order chi connectivity index (χ1) is 12.5. The minimum absolute atomic E-state index is 0.258. The van der Waals surface area contributed by atoms with Crippen molar-refractivity contribution < 1.29 is 14.3 Å². The van der Waals surface area contributed by atoms with Crippen LogP contribution in [-0.2, 0) is 22.6 Å². The van der Waals surface area contributed by atoms with Crippen LogP contribution >= 0.6 is 0 Å². The molecule has 1 aromatic carbocycles. The molecule has 2 aromatic heterocycles. The lowest BCUT2D eigenvalue weighted by Crippen LogP contribution is -2.47. The number of hydrogen-bond acceptors (Lipinski definition) is 4. The third-order valence-corrected chi connectivity index (χ3v) is 4.01. The monoisotopic (exact) mass is 355 g/mol. The van der Waals surface area contributed by atoms with E-state index >= 15 is 0 Å². The van der Waals surface area contributed by atoms with Gasteiger partial charge in [0.25, 0.3) is 0 Å². The molecule has 0 aliphatic heterocycles. The molecule has 0 aliphatic rings. The number of amides is 2. The number of carbonyl (C=O) groups is 2. The van der Waals surface area contributed by atoms with Crippen molar-refractivity contribution in [3.8, 4) is 5.75 Å². The van der Waals surface area contributed by atoms with E-state index in [0.717, 1.165) is 28.0 Å². The van der Waals surface area contributed by atoms with Crippen molar-refractivity contribution in [1.29, 1.82) is 0 Å². The van der Waals surface area contributed by atoms with E-state index < -0.39 is 6.04 Å². The van der Waals surface area contributed by atoms with Crippen molar-refractivity contribution in [2.45, 2.75) is 25.9 Å². The lowest BCUT2D eigenvalue weighted by atomic mass is 10.1. The molecule has 8 nitrogen and oxygen atoms in total. The highest BCUT2D eigenvalue weighted by molar-refractivity contribution is 5.87. The zero-order chi connectivity index (χ0) is 18.5. The van der Waals surface area contributed by atoms with Crippen molar-refractivity contribution in [3.05, 3.63) is 48.2 Å². The van der Waals surface area contributed by atoms with Crippen molar-refractivity contribution in [2.24, 2.45) is 0 Å². The summed E-state index contributed by atoms with van der Waals surface area (Å²) in [7, 11) is 1.62. The summed E-state index contributed by atoms with van der Waals surface area (Å²) in [5, 5.41) is 6.53. The van der Waals surface area contributed by atoms with Crippen molar-refractivity contribution >= 4 is 22.7 Å². The van der Waals surface area contributed by atoms with Gasteiger partial charge in [0.15, 0.2) is 0 Å². The molecule has 0 unspecified atom stereocenters. The fourth-order valence-corrected chi connectivity index (χ4v) is 2.77. The third kappa shape index (κ3) is 4.21. The Kier molecular flexibility index (Phi) is 5.21. The number of nitrogens with zero attached hydrogens (tertiary/aromatic N) is 1. The van der Waals surface area contributed by atoms with Gasteiger partial charge in [-0.25, -0.2) is 4.98 Å². The summed E-state index contributed by atoms with van der Waals surface area (Å²) >= 11 is 0. The number of aromatic amines is 2. The Morgan fingerprint density at radius 3 is 2.81 bits per heavy atom. The van der Waals surface area contributed by atoms with Gasteiger partial charge in [-0.15, -0.1) is 0 Å². The summed E-state index contributed by atoms with van der Waals surface area (Å²) in [5.74, 6) is 0.255. The number of rotatable bonds is 7. The van der Waals surface area contributed by atoms with Crippen LogP contribution in [0.2, 0.25) is 0 Å². The van der Waals surface area contributed by atoms with Gasteiger partial charge in [-0.2, -0.15) is 0 Å². The van der Waals surface area contributed by atoms with E-state index in [4.69, 9.17) is 4.74 Å². The number of benzene rings is 1. The number of hydrogen-bond donors (Lipinski definition) is 4. The van der Waals surface area contributed by atoms with Crippen LogP contribution in [0.4, 0.5) is 0 Å². The van der Waals surface area contributed by atoms with Crippen LogP contribution in [-0.4, -0.2) is 39.9 Å². The molecule has 4 N–H and O–H groups in total. The molecule has 0 fully saturated rings. The molecule has 136 valence electrons. The molecule has 26 heavy (non-hydrogen) atoms. The average Bonchev–Trinajstić information content (AvgIpc) is 3.26. The number of H-pyrrole nitrogens is 2. The summed E-state index contributed by atoms with van der Waals surface area (Å²) in [6.07, 6.45) is 3.51. The lowest BCUT2D eigenvalue weighted by Gasteiger charge is -2.16. The molecular weight excluding hydrogens is 334 g/mol. The molecule has 0 bridgehead atoms. The molecule has 8 heteroatoms. The first-order valence-electron chi connectivity index (χ1n) is 8.23. The number of imidazole rings is 1. The Bertz CT molecular complexity index is 901. The SMILES string of the molecule is COc1ccc2[nH]c(CNC(=O)[C@H](Cc3cnc[nH]3)NC(C)=O)cc2c1. The maximum atomic E-state index is 12.5. The Hall–Kier alpha value is -3.29. The number of aromatic nitrogens is 3. The van der Waals surface area contributed by atoms with Crippen LogP contribution in [0.5, 0.6) is 5.75 Å². The van der Waals surface area contributed by atoms with E-state index in [1.165, 1.54) is 13.3 Å². The second-order valence-electron chi connectivity index (χ2n) is 6.00. The molecule has 0 aliphatic carbocycles. The van der Waals surface area contributed by atoms with Crippen molar-refractivity contribution in [3.63, 3.8) is 0 Å². The molecular formula is C18H21N5O3. The predicted octanol–water partition coefficient (Wildman–Crippen LogP) is 1.26. The van der Waals surface area contributed by atoms with E-state index in [2.05, 4.69) is 25.6 Å². The van der Waals surface area contributed by atoms with Gasteiger partial charge < -0.3 is 25.3 Å². The Labute approximate surface area is 150 Å². The second-order valence-corrected chi connectivity index (χ2v) is 6.00. The normalized spacial score (nSPS) is 11.9. The first-order valence-corrected chi connectivity index (χ1v) is 8.23. The molecule has 1 atom stereocenters. The second kappa shape index (κ2) is 7.73. The van der Waals surface area contributed by atoms with Gasteiger partial charge in [-0.05, 0) is 24.3 Å². The van der Waals surface area contributed by atoms with Crippen LogP contribution < -0.4 is 15.4 Å². The van der Waals surface area contributed by atoms with E-state index in [9.17, 15) is 9.59 Å².